The number of allylic oxidation sites excluding steroid dienone is 2. The van der Waals surface area contributed by atoms with Crippen LogP contribution in [0.2, 0.25) is 0 Å². The molecular weight excluding hydrogens is 544 g/mol. The first-order valence-corrected chi connectivity index (χ1v) is 12.5. The summed E-state index contributed by atoms with van der Waals surface area (Å²) in [4.78, 5) is 28.7. The molecule has 3 aromatic carbocycles. The molecule has 0 aromatic heterocycles. The van der Waals surface area contributed by atoms with E-state index in [4.69, 9.17) is 0 Å². The maximum absolute atomic E-state index is 16.2. The van der Waals surface area contributed by atoms with Gasteiger partial charge in [-0.2, -0.15) is 35.1 Å². The van der Waals surface area contributed by atoms with Gasteiger partial charge in [-0.25, -0.2) is 0 Å². The number of Topliss-reactive ketones (excluding diaryl/α,β-unsaturated/α-hetero) is 2. The van der Waals surface area contributed by atoms with Crippen molar-refractivity contribution in [1.29, 1.82) is 0 Å². The average molecular weight is 558 g/mol. The zero-order valence-corrected chi connectivity index (χ0v) is 19.9. The molecule has 0 saturated heterocycles. The molecule has 0 radical (unpaired) electrons. The second kappa shape index (κ2) is 6.72. The lowest BCUT2D eigenvalue weighted by Gasteiger charge is -2.40. The van der Waals surface area contributed by atoms with Gasteiger partial charge in [0, 0.05) is 22.3 Å². The Bertz CT molecular complexity index is 1660. The first-order valence-electron chi connectivity index (χ1n) is 12.5. The highest BCUT2D eigenvalue weighted by Gasteiger charge is 2.69. The molecule has 0 saturated carbocycles. The van der Waals surface area contributed by atoms with Gasteiger partial charge < -0.3 is 0 Å². The van der Waals surface area contributed by atoms with E-state index in [0.29, 0.717) is 0 Å². The number of hydrogen-bond acceptors (Lipinski definition) is 2. The van der Waals surface area contributed by atoms with Crippen LogP contribution in [0.1, 0.15) is 79.3 Å². The van der Waals surface area contributed by atoms with Gasteiger partial charge in [-0.1, -0.05) is 60.7 Å². The molecule has 4 atom stereocenters. The van der Waals surface area contributed by atoms with Crippen molar-refractivity contribution in [3.05, 3.63) is 116 Å². The zero-order chi connectivity index (χ0) is 28.3. The van der Waals surface area contributed by atoms with Crippen LogP contribution in [-0.4, -0.2) is 11.6 Å². The lowest BCUT2D eigenvalue weighted by atomic mass is 9.61. The van der Waals surface area contributed by atoms with Gasteiger partial charge >= 0.3 is 23.7 Å². The van der Waals surface area contributed by atoms with Crippen LogP contribution in [0.25, 0.3) is 0 Å². The van der Waals surface area contributed by atoms with Crippen LogP contribution in [0, 0.1) is 0 Å². The van der Waals surface area contributed by atoms with Crippen molar-refractivity contribution in [2.24, 2.45) is 0 Å². The van der Waals surface area contributed by atoms with Crippen molar-refractivity contribution in [2.45, 2.75) is 47.4 Å². The number of alkyl halides is 8. The summed E-state index contributed by atoms with van der Waals surface area (Å²) in [6.45, 7) is 0. The monoisotopic (exact) mass is 558 g/mol. The lowest BCUT2D eigenvalue weighted by molar-refractivity contribution is -0.228. The van der Waals surface area contributed by atoms with E-state index in [2.05, 4.69) is 0 Å². The highest BCUT2D eigenvalue weighted by molar-refractivity contribution is 6.06. The smallest absolute Gasteiger partial charge is 0.298 e. The third-order valence-corrected chi connectivity index (χ3v) is 9.21. The maximum Gasteiger partial charge on any atom is 0.340 e. The van der Waals surface area contributed by atoms with Crippen molar-refractivity contribution in [2.75, 3.05) is 0 Å². The quantitative estimate of drug-likeness (QED) is 0.215. The summed E-state index contributed by atoms with van der Waals surface area (Å²) < 4.78 is 129. The van der Waals surface area contributed by atoms with Crippen LogP contribution >= 0.6 is 0 Å². The molecule has 40 heavy (non-hydrogen) atoms. The summed E-state index contributed by atoms with van der Waals surface area (Å²) in [5, 5.41) is 0. The Morgan fingerprint density at radius 2 is 0.750 bits per heavy atom. The Kier molecular flexibility index (Phi) is 4.04. The maximum atomic E-state index is 16.2. The summed E-state index contributed by atoms with van der Waals surface area (Å²) in [5.41, 5.74) is -9.43. The van der Waals surface area contributed by atoms with Crippen LogP contribution in [-0.2, 0) is 33.3 Å². The van der Waals surface area contributed by atoms with Gasteiger partial charge in [0.1, 0.15) is 0 Å². The molecule has 3 aromatic rings. The normalized spacial score (nSPS) is 29.8. The van der Waals surface area contributed by atoms with Gasteiger partial charge in [-0.15, -0.1) is 0 Å². The molecule has 5 aliphatic rings. The fourth-order valence-corrected chi connectivity index (χ4v) is 7.52. The van der Waals surface area contributed by atoms with E-state index >= 15 is 35.1 Å². The van der Waals surface area contributed by atoms with E-state index in [0.717, 1.165) is 12.2 Å². The number of carbonyl (C=O) groups excluding carboxylic acids is 2. The number of ketones is 2. The fourth-order valence-electron chi connectivity index (χ4n) is 7.52. The van der Waals surface area contributed by atoms with Crippen molar-refractivity contribution in [1.82, 2.24) is 0 Å². The number of rotatable bonds is 0. The van der Waals surface area contributed by atoms with E-state index in [9.17, 15) is 9.59 Å². The first-order chi connectivity index (χ1) is 18.7. The molecule has 10 heteroatoms. The van der Waals surface area contributed by atoms with Crippen molar-refractivity contribution < 1.29 is 44.7 Å². The Balaban J connectivity index is 1.76. The third kappa shape index (κ3) is 2.29. The van der Waals surface area contributed by atoms with Gasteiger partial charge in [0.05, 0.1) is 23.7 Å². The van der Waals surface area contributed by atoms with Crippen LogP contribution in [0.5, 0.6) is 0 Å². The van der Waals surface area contributed by atoms with Crippen LogP contribution in [0.15, 0.2) is 60.7 Å². The Morgan fingerprint density at radius 1 is 0.450 bits per heavy atom. The fraction of sp³-hybridized carbons (Fsp3) is 0.267. The van der Waals surface area contributed by atoms with Gasteiger partial charge in [-0.3, -0.25) is 9.59 Å². The molecule has 0 fully saturated rings. The predicted octanol–water partition coefficient (Wildman–Crippen LogP) is 7.25. The second-order valence-electron chi connectivity index (χ2n) is 10.9. The Labute approximate surface area is 220 Å². The van der Waals surface area contributed by atoms with Crippen LogP contribution < -0.4 is 0 Å². The average Bonchev–Trinajstić information content (AvgIpc) is 2.94. The topological polar surface area (TPSA) is 34.1 Å². The molecule has 4 bridgehead atoms. The lowest BCUT2D eigenvalue weighted by Crippen LogP contribution is -2.42. The molecule has 8 rings (SSSR count). The van der Waals surface area contributed by atoms with Gasteiger partial charge in [-0.05, 0) is 33.4 Å². The zero-order valence-electron chi connectivity index (χ0n) is 19.9. The Morgan fingerprint density at radius 3 is 1.07 bits per heavy atom. The molecule has 202 valence electrons. The van der Waals surface area contributed by atoms with Crippen molar-refractivity contribution >= 4 is 11.6 Å². The molecule has 0 spiro atoms. The second-order valence-corrected chi connectivity index (χ2v) is 10.9. The number of hydrogen-bond donors (Lipinski definition) is 0. The highest BCUT2D eigenvalue weighted by atomic mass is 19.3. The van der Waals surface area contributed by atoms with Crippen molar-refractivity contribution in [3.8, 4) is 0 Å². The minimum absolute atomic E-state index is 0.0206. The largest absolute Gasteiger partial charge is 0.340 e. The minimum atomic E-state index is -5.06. The molecule has 0 heterocycles. The molecule has 0 aliphatic heterocycles. The molecular formula is C30H14F8O2. The van der Waals surface area contributed by atoms with Gasteiger partial charge in [0.25, 0.3) is 0 Å². The number of carbonyl (C=O) groups is 2. The summed E-state index contributed by atoms with van der Waals surface area (Å²) in [7, 11) is 0. The van der Waals surface area contributed by atoms with Crippen LogP contribution in [0.4, 0.5) is 35.1 Å². The van der Waals surface area contributed by atoms with Gasteiger partial charge in [0.15, 0.2) is 11.6 Å². The minimum Gasteiger partial charge on any atom is -0.298 e. The summed E-state index contributed by atoms with van der Waals surface area (Å²) in [6, 6.07) is 6.72. The molecule has 4 unspecified atom stereocenters. The Hall–Kier alpha value is -3.82. The molecule has 5 aliphatic carbocycles. The summed E-state index contributed by atoms with van der Waals surface area (Å²) >= 11 is 0. The highest BCUT2D eigenvalue weighted by Crippen LogP contribution is 2.66. The predicted molar refractivity (Wildman–Crippen MR) is 123 cm³/mol. The third-order valence-electron chi connectivity index (χ3n) is 9.21. The van der Waals surface area contributed by atoms with E-state index < -0.39 is 103 Å². The number of halogens is 8. The van der Waals surface area contributed by atoms with E-state index in [1.165, 1.54) is 24.3 Å². The molecule has 2 nitrogen and oxygen atoms in total. The summed E-state index contributed by atoms with van der Waals surface area (Å²) in [6.07, 6.45) is 2.17. The SMILES string of the molecule is O=C1C2C=CC3C(=O)C4c5ccccc5C1c1c5ccc(c14)C(F)(F)C(F)(F)c1ccc(c2c13)C(F)(F)C5(F)F. The van der Waals surface area contributed by atoms with E-state index in [1.54, 1.807) is 0 Å². The van der Waals surface area contributed by atoms with Gasteiger partial charge in [0.2, 0.25) is 0 Å². The summed E-state index contributed by atoms with van der Waals surface area (Å²) in [5.74, 6) is -29.2. The van der Waals surface area contributed by atoms with E-state index in [-0.39, 0.29) is 35.4 Å². The van der Waals surface area contributed by atoms with E-state index in [1.807, 2.05) is 0 Å². The first kappa shape index (κ1) is 24.0. The molecule has 0 N–H and O–H groups in total. The van der Waals surface area contributed by atoms with Crippen LogP contribution in [0.3, 0.4) is 0 Å². The number of benzene rings is 3. The molecule has 0 amide bonds. The van der Waals surface area contributed by atoms with Crippen molar-refractivity contribution in [3.63, 3.8) is 0 Å². The standard InChI is InChI=1S/C30H14F8O2/c31-27(32)15-7-8-16-20-14-6-5-13(19(15)20)25(39)21-11-3-1-2-4-12(11)22(26(14)40)24-18(30(37,38)28(16,33)34)10-9-17(23(21)24)29(27,35)36/h1-10,13-14,21-22H.